The van der Waals surface area contributed by atoms with Crippen LogP contribution in [0.3, 0.4) is 0 Å². The van der Waals surface area contributed by atoms with Crippen molar-refractivity contribution in [1.29, 1.82) is 0 Å². The number of nitrogens with zero attached hydrogens (tertiary/aromatic N) is 1. The second-order valence-electron chi connectivity index (χ2n) is 6.16. The van der Waals surface area contributed by atoms with E-state index in [4.69, 9.17) is 0 Å². The monoisotopic (exact) mass is 265 g/mol. The van der Waals surface area contributed by atoms with Gasteiger partial charge in [-0.25, -0.2) is 0 Å². The van der Waals surface area contributed by atoms with Gasteiger partial charge >= 0.3 is 0 Å². The number of rotatable bonds is 12. The van der Waals surface area contributed by atoms with E-state index in [-0.39, 0.29) is 0 Å². The highest BCUT2D eigenvalue weighted by Gasteiger charge is 2.20. The number of unbranched alkanes of at least 4 members (excludes halogenated alkanes) is 9. The third kappa shape index (κ3) is 7.77. The van der Waals surface area contributed by atoms with Crippen LogP contribution in [0.15, 0.2) is 12.7 Å². The molecule has 1 heteroatoms. The Morgan fingerprint density at radius 3 is 2.11 bits per heavy atom. The average Bonchev–Trinajstić information content (AvgIpc) is 2.88. The Kier molecular flexibility index (Phi) is 10.2. The molecule has 1 saturated heterocycles. The summed E-state index contributed by atoms with van der Waals surface area (Å²) in [6.45, 7) is 8.84. The molecular formula is C18H35N. The van der Waals surface area contributed by atoms with E-state index in [0.29, 0.717) is 6.04 Å². The zero-order valence-corrected chi connectivity index (χ0v) is 13.2. The molecule has 1 rings (SSSR count). The van der Waals surface area contributed by atoms with Crippen molar-refractivity contribution in [1.82, 2.24) is 4.90 Å². The summed E-state index contributed by atoms with van der Waals surface area (Å²) in [5, 5.41) is 0. The smallest absolute Gasteiger partial charge is 0.0276 e. The lowest BCUT2D eigenvalue weighted by molar-refractivity contribution is 0.282. The summed E-state index contributed by atoms with van der Waals surface area (Å²) in [6, 6.07) is 0.679. The minimum atomic E-state index is 0.679. The second kappa shape index (κ2) is 11.5. The molecule has 1 unspecified atom stereocenters. The lowest BCUT2D eigenvalue weighted by atomic mass is 10.1. The third-order valence-electron chi connectivity index (χ3n) is 4.49. The van der Waals surface area contributed by atoms with Gasteiger partial charge in [-0.3, -0.25) is 4.90 Å². The largest absolute Gasteiger partial charge is 0.297 e. The molecule has 0 saturated carbocycles. The van der Waals surface area contributed by atoms with Gasteiger partial charge in [0.2, 0.25) is 0 Å². The summed E-state index contributed by atoms with van der Waals surface area (Å²) in [7, 11) is 0. The number of hydrogen-bond acceptors (Lipinski definition) is 1. The van der Waals surface area contributed by atoms with Crippen molar-refractivity contribution in [3.8, 4) is 0 Å². The molecule has 0 amide bonds. The maximum Gasteiger partial charge on any atom is 0.0276 e. The fraction of sp³-hybridized carbons (Fsp3) is 0.889. The van der Waals surface area contributed by atoms with E-state index in [1.807, 2.05) is 0 Å². The van der Waals surface area contributed by atoms with Gasteiger partial charge in [0.1, 0.15) is 0 Å². The molecular weight excluding hydrogens is 230 g/mol. The van der Waals surface area contributed by atoms with E-state index in [0.717, 1.165) is 0 Å². The van der Waals surface area contributed by atoms with Crippen LogP contribution in [0.1, 0.15) is 84.0 Å². The van der Waals surface area contributed by atoms with Gasteiger partial charge in [-0.05, 0) is 32.4 Å². The predicted octanol–water partition coefficient (Wildman–Crippen LogP) is 5.56. The van der Waals surface area contributed by atoms with E-state index in [9.17, 15) is 0 Å². The van der Waals surface area contributed by atoms with Crippen molar-refractivity contribution < 1.29 is 0 Å². The van der Waals surface area contributed by atoms with Gasteiger partial charge in [0.15, 0.2) is 0 Å². The summed E-state index contributed by atoms with van der Waals surface area (Å²) >= 11 is 0. The van der Waals surface area contributed by atoms with Crippen LogP contribution in [0.4, 0.5) is 0 Å². The molecule has 0 aromatic carbocycles. The van der Waals surface area contributed by atoms with Gasteiger partial charge in [0, 0.05) is 6.04 Å². The maximum atomic E-state index is 3.95. The maximum absolute atomic E-state index is 3.95. The van der Waals surface area contributed by atoms with Crippen LogP contribution in [-0.4, -0.2) is 24.0 Å². The molecule has 0 spiro atoms. The highest BCUT2D eigenvalue weighted by Crippen LogP contribution is 2.18. The minimum absolute atomic E-state index is 0.679. The fourth-order valence-electron chi connectivity index (χ4n) is 3.20. The lowest BCUT2D eigenvalue weighted by Gasteiger charge is -2.21. The summed E-state index contributed by atoms with van der Waals surface area (Å²) in [5.41, 5.74) is 0. The first-order valence-electron chi connectivity index (χ1n) is 8.75. The van der Waals surface area contributed by atoms with Crippen LogP contribution in [-0.2, 0) is 0 Å². The van der Waals surface area contributed by atoms with Crippen LogP contribution in [0.25, 0.3) is 0 Å². The quantitative estimate of drug-likeness (QED) is 0.330. The van der Waals surface area contributed by atoms with Gasteiger partial charge < -0.3 is 0 Å². The SMILES string of the molecule is C=CC1CCCN1CCCCCCCCCCCC. The van der Waals surface area contributed by atoms with Gasteiger partial charge in [-0.1, -0.05) is 70.8 Å². The Morgan fingerprint density at radius 1 is 0.947 bits per heavy atom. The first-order valence-corrected chi connectivity index (χ1v) is 8.75. The Labute approximate surface area is 121 Å². The van der Waals surface area contributed by atoms with E-state index < -0.39 is 0 Å². The zero-order chi connectivity index (χ0) is 13.8. The van der Waals surface area contributed by atoms with Crippen LogP contribution in [0.2, 0.25) is 0 Å². The number of likely N-dealkylation sites (tertiary alicyclic amines) is 1. The first kappa shape index (κ1) is 16.8. The molecule has 1 aliphatic rings. The molecule has 0 bridgehead atoms. The topological polar surface area (TPSA) is 3.24 Å². The van der Waals surface area contributed by atoms with Gasteiger partial charge in [-0.2, -0.15) is 0 Å². The Morgan fingerprint density at radius 2 is 1.53 bits per heavy atom. The van der Waals surface area contributed by atoms with Crippen molar-refractivity contribution in [3.63, 3.8) is 0 Å². The molecule has 0 aromatic rings. The highest BCUT2D eigenvalue weighted by molar-refractivity contribution is 4.91. The Balaban J connectivity index is 1.82. The summed E-state index contributed by atoms with van der Waals surface area (Å²) in [6.07, 6.45) is 19.2. The molecule has 1 nitrogen and oxygen atoms in total. The molecule has 19 heavy (non-hydrogen) atoms. The summed E-state index contributed by atoms with van der Waals surface area (Å²) in [4.78, 5) is 2.62. The van der Waals surface area contributed by atoms with Crippen molar-refractivity contribution in [2.24, 2.45) is 0 Å². The van der Waals surface area contributed by atoms with Crippen LogP contribution in [0.5, 0.6) is 0 Å². The third-order valence-corrected chi connectivity index (χ3v) is 4.49. The molecule has 112 valence electrons. The molecule has 0 radical (unpaired) electrons. The van der Waals surface area contributed by atoms with Crippen LogP contribution < -0.4 is 0 Å². The van der Waals surface area contributed by atoms with Crippen LogP contribution >= 0.6 is 0 Å². The normalized spacial score (nSPS) is 19.9. The van der Waals surface area contributed by atoms with E-state index >= 15 is 0 Å². The lowest BCUT2D eigenvalue weighted by Crippen LogP contribution is -2.28. The zero-order valence-electron chi connectivity index (χ0n) is 13.2. The Bertz CT molecular complexity index is 212. The molecule has 1 atom stereocenters. The summed E-state index contributed by atoms with van der Waals surface area (Å²) < 4.78 is 0. The van der Waals surface area contributed by atoms with Crippen LogP contribution in [0, 0.1) is 0 Å². The summed E-state index contributed by atoms with van der Waals surface area (Å²) in [5.74, 6) is 0. The van der Waals surface area contributed by atoms with Crippen molar-refractivity contribution in [2.45, 2.75) is 90.0 Å². The van der Waals surface area contributed by atoms with Gasteiger partial charge in [0.25, 0.3) is 0 Å². The van der Waals surface area contributed by atoms with Crippen molar-refractivity contribution in [2.75, 3.05) is 13.1 Å². The van der Waals surface area contributed by atoms with E-state index in [1.165, 1.54) is 90.1 Å². The molecule has 1 fully saturated rings. The Hall–Kier alpha value is -0.300. The molecule has 0 aromatic heterocycles. The molecule has 0 N–H and O–H groups in total. The highest BCUT2D eigenvalue weighted by atomic mass is 15.2. The molecule has 1 aliphatic heterocycles. The average molecular weight is 265 g/mol. The van der Waals surface area contributed by atoms with E-state index in [1.54, 1.807) is 0 Å². The minimum Gasteiger partial charge on any atom is -0.297 e. The standard InChI is InChI=1S/C18H35N/c1-3-5-6-7-8-9-10-11-12-13-16-19-17-14-15-18(19)4-2/h4,18H,2-3,5-17H2,1H3. The predicted molar refractivity (Wildman–Crippen MR) is 86.6 cm³/mol. The molecule has 0 aliphatic carbocycles. The fourth-order valence-corrected chi connectivity index (χ4v) is 3.20. The van der Waals surface area contributed by atoms with Crippen molar-refractivity contribution >= 4 is 0 Å². The van der Waals surface area contributed by atoms with E-state index in [2.05, 4.69) is 24.5 Å². The number of hydrogen-bond donors (Lipinski definition) is 0. The first-order chi connectivity index (χ1) is 9.38. The van der Waals surface area contributed by atoms with Gasteiger partial charge in [-0.15, -0.1) is 6.58 Å². The molecule has 1 heterocycles. The second-order valence-corrected chi connectivity index (χ2v) is 6.16. The van der Waals surface area contributed by atoms with Crippen molar-refractivity contribution in [3.05, 3.63) is 12.7 Å². The van der Waals surface area contributed by atoms with Gasteiger partial charge in [0.05, 0.1) is 0 Å².